The lowest BCUT2D eigenvalue weighted by Crippen LogP contribution is -2.08. The zero-order chi connectivity index (χ0) is 12.0. The van der Waals surface area contributed by atoms with Gasteiger partial charge in [0, 0.05) is 13.6 Å². The first-order valence-corrected chi connectivity index (χ1v) is 5.57. The highest BCUT2D eigenvalue weighted by atomic mass is 19.1. The van der Waals surface area contributed by atoms with Gasteiger partial charge in [-0.1, -0.05) is 13.8 Å². The van der Waals surface area contributed by atoms with Crippen LogP contribution in [0, 0.1) is 11.7 Å². The summed E-state index contributed by atoms with van der Waals surface area (Å²) in [6, 6.07) is 0. The van der Waals surface area contributed by atoms with Crippen LogP contribution in [0.25, 0.3) is 0 Å². The SMILES string of the molecule is CNc1ncc(F)c(NCCCC(C)C)n1. The third-order valence-corrected chi connectivity index (χ3v) is 2.22. The second kappa shape index (κ2) is 6.25. The maximum absolute atomic E-state index is 13.3. The van der Waals surface area contributed by atoms with Gasteiger partial charge in [-0.2, -0.15) is 4.98 Å². The number of nitrogens with one attached hydrogen (secondary N) is 2. The standard InChI is InChI=1S/C11H19FN4/c1-8(2)5-4-6-14-10-9(12)7-15-11(13-3)16-10/h7-8H,4-6H2,1-3H3,(H2,13,14,15,16). The Kier molecular flexibility index (Phi) is 4.95. The molecule has 1 aromatic heterocycles. The summed E-state index contributed by atoms with van der Waals surface area (Å²) in [5.41, 5.74) is 0. The molecular weight excluding hydrogens is 207 g/mol. The van der Waals surface area contributed by atoms with Crippen LogP contribution in [0.1, 0.15) is 26.7 Å². The van der Waals surface area contributed by atoms with Gasteiger partial charge < -0.3 is 10.6 Å². The molecule has 1 rings (SSSR count). The summed E-state index contributed by atoms with van der Waals surface area (Å²) in [6.45, 7) is 5.07. The molecule has 0 saturated heterocycles. The van der Waals surface area contributed by atoms with Gasteiger partial charge in [-0.3, -0.25) is 0 Å². The maximum atomic E-state index is 13.3. The zero-order valence-electron chi connectivity index (χ0n) is 10.0. The fourth-order valence-corrected chi connectivity index (χ4v) is 1.33. The molecular formula is C11H19FN4. The van der Waals surface area contributed by atoms with Crippen molar-refractivity contribution in [3.8, 4) is 0 Å². The highest BCUT2D eigenvalue weighted by molar-refractivity contribution is 5.40. The van der Waals surface area contributed by atoms with Crippen molar-refractivity contribution in [1.29, 1.82) is 0 Å². The van der Waals surface area contributed by atoms with Crippen LogP contribution in [0.4, 0.5) is 16.2 Å². The van der Waals surface area contributed by atoms with E-state index in [2.05, 4.69) is 34.4 Å². The summed E-state index contributed by atoms with van der Waals surface area (Å²) >= 11 is 0. The van der Waals surface area contributed by atoms with E-state index >= 15 is 0 Å². The van der Waals surface area contributed by atoms with Gasteiger partial charge in [0.25, 0.3) is 0 Å². The molecule has 16 heavy (non-hydrogen) atoms. The molecule has 5 heteroatoms. The second-order valence-corrected chi connectivity index (χ2v) is 4.10. The summed E-state index contributed by atoms with van der Waals surface area (Å²) in [5, 5.41) is 5.75. The molecule has 0 aliphatic rings. The van der Waals surface area contributed by atoms with Crippen LogP contribution in [0.15, 0.2) is 6.20 Å². The topological polar surface area (TPSA) is 49.8 Å². The van der Waals surface area contributed by atoms with E-state index in [1.807, 2.05) is 0 Å². The van der Waals surface area contributed by atoms with E-state index in [1.165, 1.54) is 6.20 Å². The monoisotopic (exact) mass is 226 g/mol. The van der Waals surface area contributed by atoms with Crippen LogP contribution in [0.2, 0.25) is 0 Å². The fourth-order valence-electron chi connectivity index (χ4n) is 1.33. The zero-order valence-corrected chi connectivity index (χ0v) is 10.0. The first-order chi connectivity index (χ1) is 7.63. The molecule has 0 aliphatic heterocycles. The number of anilines is 2. The number of hydrogen-bond donors (Lipinski definition) is 2. The second-order valence-electron chi connectivity index (χ2n) is 4.10. The van der Waals surface area contributed by atoms with E-state index in [4.69, 9.17) is 0 Å². The van der Waals surface area contributed by atoms with E-state index in [9.17, 15) is 4.39 Å². The molecule has 0 aromatic carbocycles. The molecule has 0 atom stereocenters. The van der Waals surface area contributed by atoms with Crippen LogP contribution in [0.3, 0.4) is 0 Å². The number of halogens is 1. The number of nitrogens with zero attached hydrogens (tertiary/aromatic N) is 2. The first-order valence-electron chi connectivity index (χ1n) is 5.57. The molecule has 0 fully saturated rings. The molecule has 90 valence electrons. The summed E-state index contributed by atoms with van der Waals surface area (Å²) in [7, 11) is 1.70. The highest BCUT2D eigenvalue weighted by Crippen LogP contribution is 2.12. The predicted octanol–water partition coefficient (Wildman–Crippen LogP) is 2.51. The highest BCUT2D eigenvalue weighted by Gasteiger charge is 2.05. The van der Waals surface area contributed by atoms with Crippen LogP contribution in [-0.2, 0) is 0 Å². The van der Waals surface area contributed by atoms with Gasteiger partial charge in [-0.05, 0) is 18.8 Å². The molecule has 1 heterocycles. The largest absolute Gasteiger partial charge is 0.367 e. The van der Waals surface area contributed by atoms with Gasteiger partial charge in [-0.15, -0.1) is 0 Å². The van der Waals surface area contributed by atoms with Gasteiger partial charge in [0.15, 0.2) is 11.6 Å². The maximum Gasteiger partial charge on any atom is 0.224 e. The lowest BCUT2D eigenvalue weighted by Gasteiger charge is -2.08. The number of aromatic nitrogens is 2. The van der Waals surface area contributed by atoms with Crippen molar-refractivity contribution >= 4 is 11.8 Å². The Morgan fingerprint density at radius 1 is 1.44 bits per heavy atom. The Morgan fingerprint density at radius 3 is 2.81 bits per heavy atom. The summed E-state index contributed by atoms with van der Waals surface area (Å²) < 4.78 is 13.3. The minimum atomic E-state index is -0.413. The van der Waals surface area contributed by atoms with Gasteiger partial charge in [0.2, 0.25) is 5.95 Å². The Balaban J connectivity index is 2.46. The molecule has 2 N–H and O–H groups in total. The van der Waals surface area contributed by atoms with Crippen LogP contribution >= 0.6 is 0 Å². The Morgan fingerprint density at radius 2 is 2.19 bits per heavy atom. The van der Waals surface area contributed by atoms with Crippen molar-refractivity contribution in [3.05, 3.63) is 12.0 Å². The minimum absolute atomic E-state index is 0.267. The molecule has 0 bridgehead atoms. The van der Waals surface area contributed by atoms with Gasteiger partial charge >= 0.3 is 0 Å². The van der Waals surface area contributed by atoms with Crippen molar-refractivity contribution in [3.63, 3.8) is 0 Å². The third-order valence-electron chi connectivity index (χ3n) is 2.22. The quantitative estimate of drug-likeness (QED) is 0.732. The van der Waals surface area contributed by atoms with E-state index in [-0.39, 0.29) is 5.82 Å². The Bertz CT molecular complexity index is 328. The molecule has 0 unspecified atom stereocenters. The lowest BCUT2D eigenvalue weighted by atomic mass is 10.1. The van der Waals surface area contributed by atoms with Crippen molar-refractivity contribution < 1.29 is 4.39 Å². The van der Waals surface area contributed by atoms with Crippen molar-refractivity contribution in [2.24, 2.45) is 5.92 Å². The molecule has 4 nitrogen and oxygen atoms in total. The van der Waals surface area contributed by atoms with E-state index in [0.29, 0.717) is 11.9 Å². The Labute approximate surface area is 95.7 Å². The first kappa shape index (κ1) is 12.7. The van der Waals surface area contributed by atoms with Crippen molar-refractivity contribution in [2.75, 3.05) is 24.2 Å². The van der Waals surface area contributed by atoms with Gasteiger partial charge in [0.05, 0.1) is 6.20 Å². The smallest absolute Gasteiger partial charge is 0.224 e. The molecule has 0 aliphatic carbocycles. The molecule has 1 aromatic rings. The van der Waals surface area contributed by atoms with E-state index in [0.717, 1.165) is 19.4 Å². The minimum Gasteiger partial charge on any atom is -0.367 e. The van der Waals surface area contributed by atoms with E-state index < -0.39 is 5.82 Å². The van der Waals surface area contributed by atoms with Crippen molar-refractivity contribution in [1.82, 2.24) is 9.97 Å². The predicted molar refractivity (Wildman–Crippen MR) is 64.1 cm³/mol. The third kappa shape index (κ3) is 4.00. The average Bonchev–Trinajstić information content (AvgIpc) is 2.26. The molecule has 0 spiro atoms. The molecule has 0 amide bonds. The van der Waals surface area contributed by atoms with Crippen LogP contribution in [0.5, 0.6) is 0 Å². The molecule has 0 radical (unpaired) electrons. The lowest BCUT2D eigenvalue weighted by molar-refractivity contribution is 0.564. The fraction of sp³-hybridized carbons (Fsp3) is 0.636. The normalized spacial score (nSPS) is 10.6. The van der Waals surface area contributed by atoms with E-state index in [1.54, 1.807) is 7.05 Å². The summed E-state index contributed by atoms with van der Waals surface area (Å²) in [4.78, 5) is 7.78. The van der Waals surface area contributed by atoms with Crippen LogP contribution in [-0.4, -0.2) is 23.6 Å². The van der Waals surface area contributed by atoms with Gasteiger partial charge in [-0.25, -0.2) is 9.37 Å². The summed E-state index contributed by atoms with van der Waals surface area (Å²) in [6.07, 6.45) is 3.30. The number of rotatable bonds is 6. The summed E-state index contributed by atoms with van der Waals surface area (Å²) in [5.74, 6) is 0.948. The average molecular weight is 226 g/mol. The molecule has 0 saturated carbocycles. The van der Waals surface area contributed by atoms with Crippen molar-refractivity contribution in [2.45, 2.75) is 26.7 Å². The van der Waals surface area contributed by atoms with Gasteiger partial charge in [0.1, 0.15) is 0 Å². The van der Waals surface area contributed by atoms with Crippen LogP contribution < -0.4 is 10.6 Å². The Hall–Kier alpha value is -1.39. The number of hydrogen-bond acceptors (Lipinski definition) is 4.